The molecule has 116 valence electrons. The van der Waals surface area contributed by atoms with Crippen LogP contribution in [-0.4, -0.2) is 24.4 Å². The van der Waals surface area contributed by atoms with Crippen molar-refractivity contribution in [1.29, 1.82) is 0 Å². The molecular formula is C16H25NO3Si. The molecular weight excluding hydrogens is 282 g/mol. The van der Waals surface area contributed by atoms with Crippen LogP contribution < -0.4 is 0 Å². The van der Waals surface area contributed by atoms with Crippen LogP contribution in [0.1, 0.15) is 61.5 Å². The standard InChI is InChI=1S/C16H25NO3Si/c1-16(2,3)21(4,5)20-14-8-6-7-12-11(14)9-10-13(17-12)15(18)19/h9-10,14H,6-8H2,1-5H3,(H,18,19). The summed E-state index contributed by atoms with van der Waals surface area (Å²) in [5.74, 6) is -0.967. The second-order valence-corrected chi connectivity index (χ2v) is 12.1. The molecule has 0 aliphatic heterocycles. The van der Waals surface area contributed by atoms with Crippen LogP contribution in [0, 0.1) is 0 Å². The molecule has 1 atom stereocenters. The Bertz CT molecular complexity index is 549. The zero-order valence-electron chi connectivity index (χ0n) is 13.6. The number of carboxylic acid groups (broad SMARTS) is 1. The lowest BCUT2D eigenvalue weighted by Gasteiger charge is -2.40. The molecule has 1 aromatic heterocycles. The maximum atomic E-state index is 11.0. The molecule has 4 nitrogen and oxygen atoms in total. The zero-order valence-corrected chi connectivity index (χ0v) is 14.6. The average molecular weight is 307 g/mol. The van der Waals surface area contributed by atoms with Crippen molar-refractivity contribution in [3.05, 3.63) is 29.1 Å². The van der Waals surface area contributed by atoms with Gasteiger partial charge in [0.2, 0.25) is 0 Å². The van der Waals surface area contributed by atoms with Gasteiger partial charge in [-0.05, 0) is 43.5 Å². The Balaban J connectivity index is 2.29. The average Bonchev–Trinajstić information content (AvgIpc) is 2.36. The molecule has 1 unspecified atom stereocenters. The van der Waals surface area contributed by atoms with E-state index in [0.29, 0.717) is 0 Å². The van der Waals surface area contributed by atoms with Crippen LogP contribution in [0.4, 0.5) is 0 Å². The molecule has 1 N–H and O–H groups in total. The SMILES string of the molecule is CC(C)(C)[Si](C)(C)OC1CCCc2nc(C(=O)O)ccc21. The van der Waals surface area contributed by atoms with Gasteiger partial charge in [-0.2, -0.15) is 0 Å². The first-order valence-electron chi connectivity index (χ1n) is 7.53. The molecule has 0 amide bonds. The van der Waals surface area contributed by atoms with E-state index in [1.165, 1.54) is 0 Å². The van der Waals surface area contributed by atoms with Crippen molar-refractivity contribution in [2.75, 3.05) is 0 Å². The predicted molar refractivity (Wildman–Crippen MR) is 85.2 cm³/mol. The largest absolute Gasteiger partial charge is 0.477 e. The Morgan fingerprint density at radius 3 is 2.62 bits per heavy atom. The quantitative estimate of drug-likeness (QED) is 0.851. The van der Waals surface area contributed by atoms with Crippen LogP contribution in [0.3, 0.4) is 0 Å². The van der Waals surface area contributed by atoms with E-state index in [4.69, 9.17) is 9.53 Å². The Hall–Kier alpha value is -1.20. The minimum absolute atomic E-state index is 0.0602. The summed E-state index contributed by atoms with van der Waals surface area (Å²) in [6.07, 6.45) is 2.90. The highest BCUT2D eigenvalue weighted by Crippen LogP contribution is 2.42. The van der Waals surface area contributed by atoms with Crippen molar-refractivity contribution in [2.24, 2.45) is 0 Å². The van der Waals surface area contributed by atoms with E-state index in [2.05, 4.69) is 38.8 Å². The molecule has 5 heteroatoms. The first kappa shape index (κ1) is 16.2. The summed E-state index contributed by atoms with van der Waals surface area (Å²) in [6.45, 7) is 11.2. The second-order valence-electron chi connectivity index (χ2n) is 7.30. The molecule has 0 bridgehead atoms. The van der Waals surface area contributed by atoms with Gasteiger partial charge in [0.15, 0.2) is 8.32 Å². The first-order valence-corrected chi connectivity index (χ1v) is 10.4. The number of rotatable bonds is 3. The van der Waals surface area contributed by atoms with Gasteiger partial charge in [0.1, 0.15) is 5.69 Å². The molecule has 21 heavy (non-hydrogen) atoms. The van der Waals surface area contributed by atoms with E-state index in [9.17, 15) is 4.79 Å². The van der Waals surface area contributed by atoms with E-state index in [1.54, 1.807) is 6.07 Å². The van der Waals surface area contributed by atoms with Crippen molar-refractivity contribution in [2.45, 2.75) is 64.3 Å². The fourth-order valence-electron chi connectivity index (χ4n) is 2.39. The maximum Gasteiger partial charge on any atom is 0.354 e. The molecule has 0 saturated heterocycles. The molecule has 1 aliphatic rings. The van der Waals surface area contributed by atoms with Crippen LogP contribution in [0.25, 0.3) is 0 Å². The van der Waals surface area contributed by atoms with Crippen LogP contribution in [0.5, 0.6) is 0 Å². The first-order chi connectivity index (χ1) is 9.62. The number of fused-ring (bicyclic) bond motifs is 1. The predicted octanol–water partition coefficient (Wildman–Crippen LogP) is 4.18. The molecule has 0 spiro atoms. The summed E-state index contributed by atoms with van der Waals surface area (Å²) < 4.78 is 6.52. The number of nitrogens with zero attached hydrogens (tertiary/aromatic N) is 1. The summed E-state index contributed by atoms with van der Waals surface area (Å²) in [5.41, 5.74) is 2.10. The fraction of sp³-hybridized carbons (Fsp3) is 0.625. The van der Waals surface area contributed by atoms with Gasteiger partial charge >= 0.3 is 5.97 Å². The minimum atomic E-state index is -1.84. The van der Waals surface area contributed by atoms with Crippen LogP contribution >= 0.6 is 0 Å². The van der Waals surface area contributed by atoms with Gasteiger partial charge in [0.05, 0.1) is 6.10 Å². The highest BCUT2D eigenvalue weighted by Gasteiger charge is 2.40. The smallest absolute Gasteiger partial charge is 0.354 e. The number of aromatic carboxylic acids is 1. The van der Waals surface area contributed by atoms with Gasteiger partial charge in [0, 0.05) is 11.3 Å². The van der Waals surface area contributed by atoms with Crippen molar-refractivity contribution in [3.63, 3.8) is 0 Å². The summed E-state index contributed by atoms with van der Waals surface area (Å²) in [6, 6.07) is 3.48. The van der Waals surface area contributed by atoms with Gasteiger partial charge < -0.3 is 9.53 Å². The second kappa shape index (κ2) is 5.53. The van der Waals surface area contributed by atoms with Crippen molar-refractivity contribution in [1.82, 2.24) is 4.98 Å². The van der Waals surface area contributed by atoms with Crippen molar-refractivity contribution in [3.8, 4) is 0 Å². The van der Waals surface area contributed by atoms with E-state index in [0.717, 1.165) is 30.5 Å². The minimum Gasteiger partial charge on any atom is -0.477 e. The highest BCUT2D eigenvalue weighted by molar-refractivity contribution is 6.74. The number of aromatic nitrogens is 1. The summed E-state index contributed by atoms with van der Waals surface area (Å²) in [4.78, 5) is 15.3. The number of carbonyl (C=O) groups is 1. The Kier molecular flexibility index (Phi) is 4.26. The molecule has 2 rings (SSSR count). The van der Waals surface area contributed by atoms with Crippen LogP contribution in [0.2, 0.25) is 18.1 Å². The Labute approximate surface area is 127 Å². The third-order valence-corrected chi connectivity index (χ3v) is 9.18. The molecule has 0 aromatic carbocycles. The van der Waals surface area contributed by atoms with Gasteiger partial charge in [-0.1, -0.05) is 26.8 Å². The lowest BCUT2D eigenvalue weighted by Crippen LogP contribution is -2.42. The third-order valence-electron chi connectivity index (χ3n) is 4.70. The lowest BCUT2D eigenvalue weighted by atomic mass is 9.93. The maximum absolute atomic E-state index is 11.0. The molecule has 0 saturated carbocycles. The highest BCUT2D eigenvalue weighted by atomic mass is 28.4. The number of hydrogen-bond donors (Lipinski definition) is 1. The number of aryl methyl sites for hydroxylation is 1. The van der Waals surface area contributed by atoms with Crippen molar-refractivity contribution < 1.29 is 14.3 Å². The van der Waals surface area contributed by atoms with E-state index in [-0.39, 0.29) is 16.8 Å². The summed E-state index contributed by atoms with van der Waals surface area (Å²) in [7, 11) is -1.84. The number of carboxylic acids is 1. The normalized spacial score (nSPS) is 19.2. The number of hydrogen-bond acceptors (Lipinski definition) is 3. The van der Waals surface area contributed by atoms with Gasteiger partial charge in [-0.25, -0.2) is 9.78 Å². The molecule has 0 fully saturated rings. The van der Waals surface area contributed by atoms with E-state index in [1.807, 2.05) is 6.07 Å². The summed E-state index contributed by atoms with van der Waals surface area (Å²) >= 11 is 0. The van der Waals surface area contributed by atoms with E-state index >= 15 is 0 Å². The molecule has 1 aromatic rings. The van der Waals surface area contributed by atoms with Gasteiger partial charge in [-0.3, -0.25) is 0 Å². The van der Waals surface area contributed by atoms with Crippen LogP contribution in [0.15, 0.2) is 12.1 Å². The van der Waals surface area contributed by atoms with Crippen LogP contribution in [-0.2, 0) is 10.8 Å². The number of pyridine rings is 1. The topological polar surface area (TPSA) is 59.4 Å². The monoisotopic (exact) mass is 307 g/mol. The fourth-order valence-corrected chi connectivity index (χ4v) is 3.70. The molecule has 1 aliphatic carbocycles. The van der Waals surface area contributed by atoms with E-state index < -0.39 is 14.3 Å². The van der Waals surface area contributed by atoms with Gasteiger partial charge in [-0.15, -0.1) is 0 Å². The molecule has 1 heterocycles. The van der Waals surface area contributed by atoms with Gasteiger partial charge in [0.25, 0.3) is 0 Å². The summed E-state index contributed by atoms with van der Waals surface area (Å²) in [5, 5.41) is 9.22. The Morgan fingerprint density at radius 1 is 1.38 bits per heavy atom. The van der Waals surface area contributed by atoms with Crippen molar-refractivity contribution >= 4 is 14.3 Å². The Morgan fingerprint density at radius 2 is 2.05 bits per heavy atom. The lowest BCUT2D eigenvalue weighted by molar-refractivity contribution is 0.0689. The third kappa shape index (κ3) is 3.35. The zero-order chi connectivity index (χ0) is 15.8. The molecule has 0 radical (unpaired) electrons.